The predicted molar refractivity (Wildman–Crippen MR) is 43.7 cm³/mol. The van der Waals surface area contributed by atoms with Gasteiger partial charge in [-0.2, -0.15) is 31.9 Å². The third-order valence-corrected chi connectivity index (χ3v) is 1.37. The van der Waals surface area contributed by atoms with Gasteiger partial charge in [-0.25, -0.2) is 0 Å². The lowest BCUT2D eigenvalue weighted by atomic mass is 10.4. The summed E-state index contributed by atoms with van der Waals surface area (Å²) < 4.78 is 68.9. The van der Waals surface area contributed by atoms with E-state index in [1.807, 2.05) is 0 Å². The summed E-state index contributed by atoms with van der Waals surface area (Å²) in [6.45, 7) is -1.84. The highest BCUT2D eigenvalue weighted by atomic mass is 19.4. The highest BCUT2D eigenvalue weighted by molar-refractivity contribution is 5.18. The van der Waals surface area contributed by atoms with Gasteiger partial charge in [0.05, 0.1) is 12.7 Å². The molecule has 0 saturated carbocycles. The van der Waals surface area contributed by atoms with Crippen LogP contribution in [0.4, 0.5) is 22.0 Å². The molecule has 0 spiro atoms. The molecular weight excluding hydrogens is 251 g/mol. The number of hydrogen-bond acceptors (Lipinski definition) is 4. The van der Waals surface area contributed by atoms with Crippen molar-refractivity contribution < 1.29 is 31.4 Å². The minimum absolute atomic E-state index is 0.00106. The van der Waals surface area contributed by atoms with Crippen molar-refractivity contribution >= 4 is 0 Å². The Morgan fingerprint density at radius 1 is 1.29 bits per heavy atom. The van der Waals surface area contributed by atoms with Gasteiger partial charge in [0.2, 0.25) is 5.88 Å². The molecule has 0 saturated heterocycles. The van der Waals surface area contributed by atoms with Gasteiger partial charge in [0.1, 0.15) is 0 Å². The summed E-state index contributed by atoms with van der Waals surface area (Å²) in [4.78, 5) is 5.94. The monoisotopic (exact) mass is 257 g/mol. The molecule has 1 rings (SSSR count). The molecule has 0 aliphatic rings. The van der Waals surface area contributed by atoms with Crippen LogP contribution >= 0.6 is 0 Å². The van der Waals surface area contributed by atoms with E-state index < -0.39 is 30.4 Å². The van der Waals surface area contributed by atoms with Gasteiger partial charge in [0, 0.05) is 0 Å². The summed E-state index contributed by atoms with van der Waals surface area (Å²) in [5, 5.41) is 0. The fraction of sp³-hybridized carbons (Fsp3) is 0.500. The molecule has 0 aliphatic heterocycles. The molecule has 17 heavy (non-hydrogen) atoms. The summed E-state index contributed by atoms with van der Waals surface area (Å²) in [5.41, 5.74) is -1.54. The molecule has 0 N–H and O–H groups in total. The molecule has 0 unspecified atom stereocenters. The molecule has 1 aromatic heterocycles. The number of hydrogen-bond donors (Lipinski definition) is 0. The van der Waals surface area contributed by atoms with Crippen LogP contribution in [0.15, 0.2) is 0 Å². The Bertz CT molecular complexity index is 383. The van der Waals surface area contributed by atoms with Crippen molar-refractivity contribution in [2.24, 2.45) is 0 Å². The number of aromatic nitrogens is 2. The molecule has 0 bridgehead atoms. The average Bonchev–Trinajstić information content (AvgIpc) is 2.15. The summed E-state index contributed by atoms with van der Waals surface area (Å²) in [5.74, 6) is -0.606. The van der Waals surface area contributed by atoms with Crippen LogP contribution < -0.4 is 9.47 Å². The fourth-order valence-electron chi connectivity index (χ4n) is 0.836. The number of alkyl halides is 5. The Kier molecular flexibility index (Phi) is 4.02. The maximum atomic E-state index is 12.3. The normalized spacial score (nSPS) is 11.7. The molecule has 0 atom stereocenters. The Hall–Kier alpha value is -1.67. The summed E-state index contributed by atoms with van der Waals surface area (Å²) >= 11 is 0. The highest BCUT2D eigenvalue weighted by Crippen LogP contribution is 2.30. The van der Waals surface area contributed by atoms with Crippen molar-refractivity contribution in [3.8, 4) is 11.9 Å². The van der Waals surface area contributed by atoms with Crippen molar-refractivity contribution in [1.82, 2.24) is 9.97 Å². The summed E-state index contributed by atoms with van der Waals surface area (Å²) in [6.07, 6.45) is -4.85. The first-order valence-electron chi connectivity index (χ1n) is 4.29. The van der Waals surface area contributed by atoms with E-state index in [2.05, 4.69) is 19.4 Å². The highest BCUT2D eigenvalue weighted by Gasteiger charge is 2.35. The summed E-state index contributed by atoms with van der Waals surface area (Å²) in [6, 6.07) is 0.588. The first-order chi connectivity index (χ1) is 7.82. The third kappa shape index (κ3) is 4.00. The van der Waals surface area contributed by atoms with Crippen molar-refractivity contribution in [1.29, 1.82) is 0 Å². The molecule has 0 fully saturated rings. The molecule has 1 radical (unpaired) electrons. The minimum atomic E-state index is -4.85. The van der Waals surface area contributed by atoms with E-state index in [-0.39, 0.29) is 6.61 Å². The topological polar surface area (TPSA) is 44.2 Å². The van der Waals surface area contributed by atoms with E-state index >= 15 is 0 Å². The maximum absolute atomic E-state index is 12.3. The summed E-state index contributed by atoms with van der Waals surface area (Å²) in [7, 11) is 0. The molecule has 1 aromatic rings. The van der Waals surface area contributed by atoms with Gasteiger partial charge in [0.25, 0.3) is 0 Å². The molecule has 1 heterocycles. The first kappa shape index (κ1) is 13.4. The van der Waals surface area contributed by atoms with Gasteiger partial charge in [0.15, 0.2) is 5.69 Å². The molecule has 4 nitrogen and oxygen atoms in total. The fourth-order valence-corrected chi connectivity index (χ4v) is 0.836. The third-order valence-electron chi connectivity index (χ3n) is 1.37. The van der Waals surface area contributed by atoms with Gasteiger partial charge >= 0.3 is 18.8 Å². The lowest BCUT2D eigenvalue weighted by Gasteiger charge is -2.09. The van der Waals surface area contributed by atoms with Crippen molar-refractivity contribution in [2.75, 3.05) is 6.61 Å². The molecular formula is C8H6F5N2O2. The Morgan fingerprint density at radius 2 is 1.94 bits per heavy atom. The lowest BCUT2D eigenvalue weighted by Crippen LogP contribution is -2.13. The van der Waals surface area contributed by atoms with Gasteiger partial charge in [-0.05, 0) is 6.92 Å². The van der Waals surface area contributed by atoms with Crippen LogP contribution in [0.1, 0.15) is 12.6 Å². The largest absolute Gasteiger partial charge is 0.477 e. The molecule has 95 valence electrons. The zero-order valence-electron chi connectivity index (χ0n) is 8.39. The second-order valence-electron chi connectivity index (χ2n) is 2.59. The Balaban J connectivity index is 3.09. The maximum Gasteiger partial charge on any atom is 0.434 e. The quantitative estimate of drug-likeness (QED) is 0.776. The standard InChI is InChI=1S/C8H6F5N2O2/c1-2-16-5-3-4(8(11,12)13)14-7(15-5)17-6(9)10/h6H,2H2,1H3. The first-order valence-corrected chi connectivity index (χ1v) is 4.29. The van der Waals surface area contributed by atoms with Gasteiger partial charge < -0.3 is 9.47 Å². The van der Waals surface area contributed by atoms with E-state index in [4.69, 9.17) is 0 Å². The van der Waals surface area contributed by atoms with E-state index in [1.165, 1.54) is 6.92 Å². The SMILES string of the molecule is CCOc1[c]c(C(F)(F)F)nc(OC(F)F)n1. The van der Waals surface area contributed by atoms with E-state index in [9.17, 15) is 22.0 Å². The van der Waals surface area contributed by atoms with Crippen molar-refractivity contribution in [2.45, 2.75) is 19.7 Å². The number of rotatable bonds is 4. The lowest BCUT2D eigenvalue weighted by molar-refractivity contribution is -0.142. The van der Waals surface area contributed by atoms with Crippen molar-refractivity contribution in [3.63, 3.8) is 0 Å². The zero-order chi connectivity index (χ0) is 13.1. The van der Waals surface area contributed by atoms with Crippen LogP contribution in [0, 0.1) is 6.07 Å². The second kappa shape index (κ2) is 5.11. The van der Waals surface area contributed by atoms with Crippen LogP contribution in [0.25, 0.3) is 0 Å². The Labute approximate surface area is 92.4 Å². The number of halogens is 5. The van der Waals surface area contributed by atoms with Crippen LogP contribution in [-0.2, 0) is 6.18 Å². The van der Waals surface area contributed by atoms with Crippen LogP contribution in [0.5, 0.6) is 11.9 Å². The molecule has 0 amide bonds. The molecule has 0 aliphatic carbocycles. The van der Waals surface area contributed by atoms with Gasteiger partial charge in [-0.1, -0.05) is 0 Å². The smallest absolute Gasteiger partial charge is 0.434 e. The number of ether oxygens (including phenoxy) is 2. The van der Waals surface area contributed by atoms with Crippen LogP contribution in [0.2, 0.25) is 0 Å². The molecule has 0 aromatic carbocycles. The van der Waals surface area contributed by atoms with Crippen LogP contribution in [0.3, 0.4) is 0 Å². The van der Waals surface area contributed by atoms with E-state index in [1.54, 1.807) is 6.07 Å². The van der Waals surface area contributed by atoms with Gasteiger partial charge in [-0.15, -0.1) is 0 Å². The van der Waals surface area contributed by atoms with Crippen molar-refractivity contribution in [3.05, 3.63) is 11.8 Å². The zero-order valence-corrected chi connectivity index (χ0v) is 8.39. The molecule has 9 heteroatoms. The minimum Gasteiger partial charge on any atom is -0.477 e. The number of nitrogens with zero attached hydrogens (tertiary/aromatic N) is 2. The average molecular weight is 257 g/mol. The second-order valence-corrected chi connectivity index (χ2v) is 2.59. The predicted octanol–water partition coefficient (Wildman–Crippen LogP) is 2.30. The van der Waals surface area contributed by atoms with Crippen LogP contribution in [-0.4, -0.2) is 23.2 Å². The van der Waals surface area contributed by atoms with Gasteiger partial charge in [-0.3, -0.25) is 0 Å². The van der Waals surface area contributed by atoms with E-state index in [0.29, 0.717) is 0 Å². The Morgan fingerprint density at radius 3 is 2.41 bits per heavy atom. The van der Waals surface area contributed by atoms with E-state index in [0.717, 1.165) is 0 Å².